The summed E-state index contributed by atoms with van der Waals surface area (Å²) in [4.78, 5) is 18.8. The van der Waals surface area contributed by atoms with Crippen molar-refractivity contribution in [1.82, 2.24) is 20.4 Å². The Morgan fingerprint density at radius 1 is 1.19 bits per heavy atom. The van der Waals surface area contributed by atoms with Gasteiger partial charge in [-0.3, -0.25) is 9.69 Å². The van der Waals surface area contributed by atoms with Crippen molar-refractivity contribution in [2.75, 3.05) is 13.6 Å². The van der Waals surface area contributed by atoms with Crippen molar-refractivity contribution in [3.05, 3.63) is 66.1 Å². The monoisotopic (exact) mass is 446 g/mol. The Kier molecular flexibility index (Phi) is 6.13. The van der Waals surface area contributed by atoms with E-state index in [1.54, 1.807) is 0 Å². The first-order chi connectivity index (χ1) is 15.3. The van der Waals surface area contributed by atoms with Gasteiger partial charge in [0.05, 0.1) is 12.5 Å². The van der Waals surface area contributed by atoms with E-state index in [4.69, 9.17) is 4.52 Å². The SMILES string of the molecule is CN1C[C@@H](NC(=O)Cc2ccccc2)C[C@H]1c1nc(-c2ccc(OC(F)(F)F)cc2)no1. The maximum Gasteiger partial charge on any atom is 0.573 e. The van der Waals surface area contributed by atoms with E-state index in [2.05, 4.69) is 20.2 Å². The molecule has 1 fully saturated rings. The highest BCUT2D eigenvalue weighted by atomic mass is 19.4. The zero-order valence-electron chi connectivity index (χ0n) is 17.2. The summed E-state index contributed by atoms with van der Waals surface area (Å²) in [5.74, 6) is 0.277. The molecule has 3 aromatic rings. The number of benzene rings is 2. The first-order valence-electron chi connectivity index (χ1n) is 10.00. The second-order valence-corrected chi connectivity index (χ2v) is 7.65. The predicted molar refractivity (Wildman–Crippen MR) is 108 cm³/mol. The lowest BCUT2D eigenvalue weighted by Gasteiger charge is -2.14. The molecule has 0 saturated carbocycles. The quantitative estimate of drug-likeness (QED) is 0.622. The van der Waals surface area contributed by atoms with Crippen LogP contribution in [-0.2, 0) is 11.2 Å². The fraction of sp³-hybridized carbons (Fsp3) is 0.318. The van der Waals surface area contributed by atoms with Crippen LogP contribution in [0.5, 0.6) is 5.75 Å². The molecule has 1 aromatic heterocycles. The molecule has 2 aromatic carbocycles. The van der Waals surface area contributed by atoms with Gasteiger partial charge in [-0.25, -0.2) is 0 Å². The van der Waals surface area contributed by atoms with Crippen molar-refractivity contribution in [2.24, 2.45) is 0 Å². The normalized spacial score (nSPS) is 19.1. The molecule has 0 spiro atoms. The highest BCUT2D eigenvalue weighted by Crippen LogP contribution is 2.31. The molecule has 1 aliphatic rings. The highest BCUT2D eigenvalue weighted by Gasteiger charge is 2.35. The minimum atomic E-state index is -4.75. The van der Waals surface area contributed by atoms with Crippen molar-refractivity contribution in [3.63, 3.8) is 0 Å². The third kappa shape index (κ3) is 5.44. The van der Waals surface area contributed by atoms with Gasteiger partial charge in [0.15, 0.2) is 0 Å². The number of nitrogens with one attached hydrogen (secondary N) is 1. The zero-order valence-corrected chi connectivity index (χ0v) is 17.2. The number of amides is 1. The van der Waals surface area contributed by atoms with Gasteiger partial charge < -0.3 is 14.6 Å². The third-order valence-corrected chi connectivity index (χ3v) is 5.19. The Morgan fingerprint density at radius 2 is 1.91 bits per heavy atom. The number of hydrogen-bond acceptors (Lipinski definition) is 6. The van der Waals surface area contributed by atoms with Gasteiger partial charge in [-0.1, -0.05) is 35.5 Å². The molecule has 0 aliphatic carbocycles. The molecule has 1 aliphatic heterocycles. The Morgan fingerprint density at radius 3 is 2.59 bits per heavy atom. The fourth-order valence-corrected chi connectivity index (χ4v) is 3.75. The summed E-state index contributed by atoms with van der Waals surface area (Å²) in [5.41, 5.74) is 1.45. The Bertz CT molecular complexity index is 1050. The topological polar surface area (TPSA) is 80.5 Å². The van der Waals surface area contributed by atoms with Gasteiger partial charge in [0.1, 0.15) is 5.75 Å². The van der Waals surface area contributed by atoms with Crippen LogP contribution < -0.4 is 10.1 Å². The van der Waals surface area contributed by atoms with E-state index in [0.717, 1.165) is 5.56 Å². The number of likely N-dealkylation sites (tertiary alicyclic amines) is 1. The number of aromatic nitrogens is 2. The molecule has 0 radical (unpaired) electrons. The van der Waals surface area contributed by atoms with Crippen LogP contribution in [0.3, 0.4) is 0 Å². The predicted octanol–water partition coefficient (Wildman–Crippen LogP) is 3.74. The van der Waals surface area contributed by atoms with Crippen LogP contribution in [0.25, 0.3) is 11.4 Å². The minimum Gasteiger partial charge on any atom is -0.406 e. The molecule has 2 heterocycles. The van der Waals surface area contributed by atoms with Gasteiger partial charge in [0.25, 0.3) is 0 Å². The lowest BCUT2D eigenvalue weighted by molar-refractivity contribution is -0.274. The summed E-state index contributed by atoms with van der Waals surface area (Å²) in [6.45, 7) is 0.631. The summed E-state index contributed by atoms with van der Waals surface area (Å²) in [7, 11) is 1.90. The van der Waals surface area contributed by atoms with Gasteiger partial charge in [0, 0.05) is 18.2 Å². The molecular formula is C22H21F3N4O3. The maximum absolute atomic E-state index is 12.4. The van der Waals surface area contributed by atoms with E-state index < -0.39 is 6.36 Å². The summed E-state index contributed by atoms with van der Waals surface area (Å²) in [6, 6.07) is 14.5. The number of nitrogens with zero attached hydrogens (tertiary/aromatic N) is 3. The van der Waals surface area contributed by atoms with E-state index >= 15 is 0 Å². The molecule has 2 atom stereocenters. The first kappa shape index (κ1) is 21.8. The second kappa shape index (κ2) is 8.99. The molecular weight excluding hydrogens is 425 g/mol. The van der Waals surface area contributed by atoms with Crippen molar-refractivity contribution in [1.29, 1.82) is 0 Å². The first-order valence-corrected chi connectivity index (χ1v) is 10.00. The molecule has 1 saturated heterocycles. The van der Waals surface area contributed by atoms with Gasteiger partial charge in [0.2, 0.25) is 17.6 Å². The van der Waals surface area contributed by atoms with Crippen molar-refractivity contribution in [3.8, 4) is 17.1 Å². The van der Waals surface area contributed by atoms with E-state index in [1.807, 2.05) is 42.3 Å². The van der Waals surface area contributed by atoms with E-state index in [0.29, 0.717) is 30.8 Å². The Balaban J connectivity index is 1.37. The van der Waals surface area contributed by atoms with Gasteiger partial charge >= 0.3 is 6.36 Å². The Hall–Kier alpha value is -3.40. The summed E-state index contributed by atoms with van der Waals surface area (Å²) >= 11 is 0. The molecule has 4 rings (SSSR count). The lowest BCUT2D eigenvalue weighted by atomic mass is 10.1. The number of halogens is 3. The summed E-state index contributed by atoms with van der Waals surface area (Å²) in [5, 5.41) is 6.99. The van der Waals surface area contributed by atoms with E-state index in [1.165, 1.54) is 24.3 Å². The smallest absolute Gasteiger partial charge is 0.406 e. The molecule has 1 amide bonds. The van der Waals surface area contributed by atoms with Crippen LogP contribution in [0, 0.1) is 0 Å². The van der Waals surface area contributed by atoms with Crippen LogP contribution in [0.4, 0.5) is 13.2 Å². The molecule has 7 nitrogen and oxygen atoms in total. The number of carbonyl (C=O) groups excluding carboxylic acids is 1. The summed E-state index contributed by atoms with van der Waals surface area (Å²) < 4.78 is 46.2. The van der Waals surface area contributed by atoms with Crippen LogP contribution in [-0.4, -0.2) is 46.9 Å². The highest BCUT2D eigenvalue weighted by molar-refractivity contribution is 5.78. The van der Waals surface area contributed by atoms with Crippen LogP contribution in [0.2, 0.25) is 0 Å². The van der Waals surface area contributed by atoms with Gasteiger partial charge in [-0.05, 0) is 43.3 Å². The van der Waals surface area contributed by atoms with Crippen molar-refractivity contribution >= 4 is 5.91 Å². The fourth-order valence-electron chi connectivity index (χ4n) is 3.75. The van der Waals surface area contributed by atoms with E-state index in [-0.39, 0.29) is 29.6 Å². The van der Waals surface area contributed by atoms with E-state index in [9.17, 15) is 18.0 Å². The number of carbonyl (C=O) groups is 1. The molecule has 168 valence electrons. The number of hydrogen-bond donors (Lipinski definition) is 1. The number of alkyl halides is 3. The standard InChI is InChI=1S/C22H21F3N4O3/c1-29-13-16(26-19(30)11-14-5-3-2-4-6-14)12-18(29)21-27-20(28-32-21)15-7-9-17(10-8-15)31-22(23,24)25/h2-10,16,18H,11-13H2,1H3,(H,26,30)/t16-,18-/m0/s1. The number of likely N-dealkylation sites (N-methyl/N-ethyl adjacent to an activating group) is 1. The number of rotatable bonds is 6. The third-order valence-electron chi connectivity index (χ3n) is 5.19. The van der Waals surface area contributed by atoms with Crippen molar-refractivity contribution < 1.29 is 27.2 Å². The van der Waals surface area contributed by atoms with Gasteiger partial charge in [-0.2, -0.15) is 4.98 Å². The zero-order chi connectivity index (χ0) is 22.7. The van der Waals surface area contributed by atoms with Crippen LogP contribution >= 0.6 is 0 Å². The summed E-state index contributed by atoms with van der Waals surface area (Å²) in [6.07, 6.45) is -3.83. The average molecular weight is 446 g/mol. The minimum absolute atomic E-state index is 0.0531. The lowest BCUT2D eigenvalue weighted by Crippen LogP contribution is -2.37. The Labute approximate surface area is 182 Å². The van der Waals surface area contributed by atoms with Crippen LogP contribution in [0.1, 0.15) is 23.9 Å². The molecule has 32 heavy (non-hydrogen) atoms. The maximum atomic E-state index is 12.4. The molecule has 0 unspecified atom stereocenters. The largest absolute Gasteiger partial charge is 0.573 e. The van der Waals surface area contributed by atoms with Gasteiger partial charge in [-0.15, -0.1) is 13.2 Å². The van der Waals surface area contributed by atoms with Crippen LogP contribution in [0.15, 0.2) is 59.1 Å². The molecule has 1 N–H and O–H groups in total. The van der Waals surface area contributed by atoms with Crippen molar-refractivity contribution in [2.45, 2.75) is 31.3 Å². The number of ether oxygens (including phenoxy) is 1. The average Bonchev–Trinajstić information content (AvgIpc) is 3.34. The molecule has 0 bridgehead atoms. The second-order valence-electron chi connectivity index (χ2n) is 7.65. The molecule has 10 heteroatoms.